The summed E-state index contributed by atoms with van der Waals surface area (Å²) in [7, 11) is 1.51. The normalized spacial score (nSPS) is 10.1. The van der Waals surface area contributed by atoms with Crippen molar-refractivity contribution in [2.24, 2.45) is 0 Å². The fourth-order valence-electron chi connectivity index (χ4n) is 1.70. The number of anilines is 1. The first-order valence-electron chi connectivity index (χ1n) is 5.86. The Morgan fingerprint density at radius 2 is 2.20 bits per heavy atom. The second kappa shape index (κ2) is 6.01. The highest BCUT2D eigenvalue weighted by Gasteiger charge is 2.06. The van der Waals surface area contributed by atoms with E-state index in [1.165, 1.54) is 31.5 Å². The van der Waals surface area contributed by atoms with Crippen molar-refractivity contribution in [2.75, 3.05) is 12.4 Å². The van der Waals surface area contributed by atoms with Crippen LogP contribution in [0.5, 0.6) is 5.75 Å². The number of benzene rings is 1. The quantitative estimate of drug-likeness (QED) is 0.878. The van der Waals surface area contributed by atoms with Gasteiger partial charge in [0.25, 0.3) is 0 Å². The molecule has 0 aliphatic heterocycles. The lowest BCUT2D eigenvalue weighted by molar-refractivity contribution is 0.0696. The molecule has 0 spiro atoms. The van der Waals surface area contributed by atoms with Crippen LogP contribution in [0.25, 0.3) is 0 Å². The van der Waals surface area contributed by atoms with E-state index in [0.29, 0.717) is 23.7 Å². The molecule has 5 nitrogen and oxygen atoms in total. The topological polar surface area (TPSA) is 71.5 Å². The van der Waals surface area contributed by atoms with E-state index in [1.807, 2.05) is 0 Å². The van der Waals surface area contributed by atoms with Crippen molar-refractivity contribution < 1.29 is 19.0 Å². The smallest absolute Gasteiger partial charge is 0.337 e. The number of nitrogens with zero attached hydrogens (tertiary/aromatic N) is 1. The van der Waals surface area contributed by atoms with Crippen molar-refractivity contribution >= 4 is 11.8 Å². The van der Waals surface area contributed by atoms with Gasteiger partial charge in [0.15, 0.2) is 0 Å². The van der Waals surface area contributed by atoms with E-state index in [4.69, 9.17) is 9.84 Å². The molecule has 2 rings (SSSR count). The zero-order valence-electron chi connectivity index (χ0n) is 10.8. The number of carboxylic acid groups (broad SMARTS) is 1. The molecule has 0 aliphatic carbocycles. The Labute approximate surface area is 115 Å². The number of carboxylic acids is 1. The summed E-state index contributed by atoms with van der Waals surface area (Å²) in [6.07, 6.45) is 1.26. The number of hydrogen-bond donors (Lipinski definition) is 2. The minimum atomic E-state index is -1.03. The number of carbonyl (C=O) groups is 1. The molecule has 0 saturated carbocycles. The number of nitrogens with one attached hydrogen (secondary N) is 1. The summed E-state index contributed by atoms with van der Waals surface area (Å²) < 4.78 is 18.3. The second-order valence-corrected chi connectivity index (χ2v) is 4.05. The molecular formula is C14H13FN2O3. The lowest BCUT2D eigenvalue weighted by atomic mass is 10.2. The molecule has 0 saturated heterocycles. The van der Waals surface area contributed by atoms with Crippen molar-refractivity contribution in [3.8, 4) is 5.75 Å². The van der Waals surface area contributed by atoms with Crippen LogP contribution in [-0.2, 0) is 6.54 Å². The predicted octanol–water partition coefficient (Wildman–Crippen LogP) is 2.54. The van der Waals surface area contributed by atoms with Gasteiger partial charge in [-0.2, -0.15) is 0 Å². The maximum atomic E-state index is 13.2. The van der Waals surface area contributed by atoms with Gasteiger partial charge in [0.1, 0.15) is 17.4 Å². The van der Waals surface area contributed by atoms with E-state index >= 15 is 0 Å². The SMILES string of the molecule is COc1ccc(F)cc1CNc1ccc(C(=O)O)cn1. The standard InChI is InChI=1S/C14H13FN2O3/c1-20-12-4-3-11(15)6-10(12)8-17-13-5-2-9(7-16-13)14(18)19/h2-7H,8H2,1H3,(H,16,17)(H,18,19). The number of aromatic nitrogens is 1. The third-order valence-corrected chi connectivity index (χ3v) is 2.71. The van der Waals surface area contributed by atoms with Crippen molar-refractivity contribution in [2.45, 2.75) is 6.54 Å². The molecular weight excluding hydrogens is 263 g/mol. The highest BCUT2D eigenvalue weighted by Crippen LogP contribution is 2.20. The van der Waals surface area contributed by atoms with E-state index in [9.17, 15) is 9.18 Å². The molecule has 20 heavy (non-hydrogen) atoms. The average Bonchev–Trinajstić information content (AvgIpc) is 2.45. The number of pyridine rings is 1. The van der Waals surface area contributed by atoms with E-state index in [-0.39, 0.29) is 11.4 Å². The number of aromatic carboxylic acids is 1. The van der Waals surface area contributed by atoms with Crippen molar-refractivity contribution in [3.05, 3.63) is 53.5 Å². The summed E-state index contributed by atoms with van der Waals surface area (Å²) in [4.78, 5) is 14.7. The molecule has 0 unspecified atom stereocenters. The fraction of sp³-hybridized carbons (Fsp3) is 0.143. The highest BCUT2D eigenvalue weighted by atomic mass is 19.1. The zero-order valence-corrected chi connectivity index (χ0v) is 10.8. The largest absolute Gasteiger partial charge is 0.496 e. The maximum Gasteiger partial charge on any atom is 0.337 e. The van der Waals surface area contributed by atoms with Crippen LogP contribution in [0, 0.1) is 5.82 Å². The molecule has 104 valence electrons. The van der Waals surface area contributed by atoms with Crippen molar-refractivity contribution in [3.63, 3.8) is 0 Å². The van der Waals surface area contributed by atoms with Crippen LogP contribution in [-0.4, -0.2) is 23.2 Å². The van der Waals surface area contributed by atoms with Gasteiger partial charge >= 0.3 is 5.97 Å². The number of hydrogen-bond acceptors (Lipinski definition) is 4. The Balaban J connectivity index is 2.08. The molecule has 0 amide bonds. The van der Waals surface area contributed by atoms with Gasteiger partial charge in [-0.1, -0.05) is 0 Å². The van der Waals surface area contributed by atoms with E-state index in [0.717, 1.165) is 0 Å². The number of methoxy groups -OCH3 is 1. The van der Waals surface area contributed by atoms with E-state index < -0.39 is 5.97 Å². The van der Waals surface area contributed by atoms with E-state index in [2.05, 4.69) is 10.3 Å². The summed E-state index contributed by atoms with van der Waals surface area (Å²) in [5.74, 6) is -0.310. The number of rotatable bonds is 5. The summed E-state index contributed by atoms with van der Waals surface area (Å²) >= 11 is 0. The van der Waals surface area contributed by atoms with Crippen LogP contribution in [0.3, 0.4) is 0 Å². The summed E-state index contributed by atoms with van der Waals surface area (Å²) in [5.41, 5.74) is 0.760. The summed E-state index contributed by atoms with van der Waals surface area (Å²) in [5, 5.41) is 11.7. The minimum absolute atomic E-state index is 0.110. The first kappa shape index (κ1) is 13.8. The third kappa shape index (κ3) is 3.23. The molecule has 0 radical (unpaired) electrons. The summed E-state index contributed by atoms with van der Waals surface area (Å²) in [6.45, 7) is 0.320. The van der Waals surface area contributed by atoms with Gasteiger partial charge in [-0.05, 0) is 30.3 Å². The van der Waals surface area contributed by atoms with Crippen LogP contribution >= 0.6 is 0 Å². The monoisotopic (exact) mass is 276 g/mol. The zero-order chi connectivity index (χ0) is 14.5. The van der Waals surface area contributed by atoms with Gasteiger partial charge in [-0.15, -0.1) is 0 Å². The van der Waals surface area contributed by atoms with Gasteiger partial charge in [0, 0.05) is 18.3 Å². The Hall–Kier alpha value is -2.63. The van der Waals surface area contributed by atoms with Crippen LogP contribution in [0.4, 0.5) is 10.2 Å². The van der Waals surface area contributed by atoms with Gasteiger partial charge in [-0.3, -0.25) is 0 Å². The van der Waals surface area contributed by atoms with Gasteiger partial charge in [0.2, 0.25) is 0 Å². The second-order valence-electron chi connectivity index (χ2n) is 4.05. The van der Waals surface area contributed by atoms with E-state index in [1.54, 1.807) is 12.1 Å². The highest BCUT2D eigenvalue weighted by molar-refractivity contribution is 5.87. The molecule has 1 heterocycles. The first-order valence-corrected chi connectivity index (χ1v) is 5.86. The third-order valence-electron chi connectivity index (χ3n) is 2.71. The Kier molecular flexibility index (Phi) is 4.14. The molecule has 2 N–H and O–H groups in total. The number of ether oxygens (including phenoxy) is 1. The molecule has 2 aromatic rings. The lowest BCUT2D eigenvalue weighted by Gasteiger charge is -2.10. The van der Waals surface area contributed by atoms with Gasteiger partial charge in [0.05, 0.1) is 12.7 Å². The minimum Gasteiger partial charge on any atom is -0.496 e. The van der Waals surface area contributed by atoms with Crippen LogP contribution < -0.4 is 10.1 Å². The Morgan fingerprint density at radius 1 is 1.40 bits per heavy atom. The Bertz CT molecular complexity index is 614. The lowest BCUT2D eigenvalue weighted by Crippen LogP contribution is -2.05. The summed E-state index contributed by atoms with van der Waals surface area (Å²) in [6, 6.07) is 7.24. The van der Waals surface area contributed by atoms with Gasteiger partial charge < -0.3 is 15.2 Å². The molecule has 0 aliphatic rings. The fourth-order valence-corrected chi connectivity index (χ4v) is 1.70. The average molecular weight is 276 g/mol. The molecule has 1 aromatic heterocycles. The van der Waals surface area contributed by atoms with Crippen LogP contribution in [0.1, 0.15) is 15.9 Å². The van der Waals surface area contributed by atoms with Crippen molar-refractivity contribution in [1.29, 1.82) is 0 Å². The van der Waals surface area contributed by atoms with Crippen LogP contribution in [0.2, 0.25) is 0 Å². The number of halogens is 1. The molecule has 0 atom stereocenters. The van der Waals surface area contributed by atoms with Gasteiger partial charge in [-0.25, -0.2) is 14.2 Å². The first-order chi connectivity index (χ1) is 9.60. The maximum absolute atomic E-state index is 13.2. The van der Waals surface area contributed by atoms with Crippen LogP contribution in [0.15, 0.2) is 36.5 Å². The molecule has 0 bridgehead atoms. The van der Waals surface area contributed by atoms with Crippen molar-refractivity contribution in [1.82, 2.24) is 4.98 Å². The molecule has 6 heteroatoms. The predicted molar refractivity (Wildman–Crippen MR) is 71.5 cm³/mol. The molecule has 0 fully saturated rings. The Morgan fingerprint density at radius 3 is 2.80 bits per heavy atom. The molecule has 1 aromatic carbocycles.